The highest BCUT2D eigenvalue weighted by Crippen LogP contribution is 2.41. The number of carbonyl (C=O) groups excluding carboxylic acids is 1. The van der Waals surface area contributed by atoms with Crippen molar-refractivity contribution in [2.24, 2.45) is 4.99 Å². The van der Waals surface area contributed by atoms with Crippen LogP contribution >= 0.6 is 11.6 Å². The Morgan fingerprint density at radius 1 is 0.909 bits per heavy atom. The number of nitrogens with zero attached hydrogens (tertiary/aromatic N) is 4. The van der Waals surface area contributed by atoms with Crippen LogP contribution in [0.5, 0.6) is 11.5 Å². The second-order valence-electron chi connectivity index (χ2n) is 11.0. The van der Waals surface area contributed by atoms with Gasteiger partial charge in [-0.05, 0) is 63.5 Å². The van der Waals surface area contributed by atoms with E-state index in [0.717, 1.165) is 41.2 Å². The summed E-state index contributed by atoms with van der Waals surface area (Å²) >= 11 is 6.25. The fourth-order valence-electron chi connectivity index (χ4n) is 5.70. The Hall–Kier alpha value is -3.99. The first-order valence-electron chi connectivity index (χ1n) is 14.9. The third kappa shape index (κ3) is 6.43. The van der Waals surface area contributed by atoms with Crippen LogP contribution in [0.4, 0.5) is 5.69 Å². The quantitative estimate of drug-likeness (QED) is 0.385. The molecule has 1 amide bonds. The number of halogens is 1. The summed E-state index contributed by atoms with van der Waals surface area (Å²) in [5.74, 6) is 2.30. The fourth-order valence-corrected chi connectivity index (χ4v) is 5.83. The topological polar surface area (TPSA) is 109 Å². The van der Waals surface area contributed by atoms with E-state index in [2.05, 4.69) is 33.9 Å². The number of carbonyl (C=O) groups is 1. The molecule has 44 heavy (non-hydrogen) atoms. The van der Waals surface area contributed by atoms with E-state index in [1.165, 1.54) is 11.1 Å². The Balaban J connectivity index is 1.31. The molecular weight excluding hydrogens is 582 g/mol. The van der Waals surface area contributed by atoms with E-state index in [1.807, 2.05) is 31.2 Å². The van der Waals surface area contributed by atoms with Crippen molar-refractivity contribution in [2.45, 2.75) is 46.1 Å². The molecule has 10 nitrogen and oxygen atoms in total. The van der Waals surface area contributed by atoms with Crippen molar-refractivity contribution < 1.29 is 23.7 Å². The molecule has 2 aliphatic heterocycles. The Labute approximate surface area is 261 Å². The number of ether oxygens (including phenoxy) is 4. The highest BCUT2D eigenvalue weighted by atomic mass is 35.5. The lowest BCUT2D eigenvalue weighted by Crippen LogP contribution is -2.18. The van der Waals surface area contributed by atoms with E-state index in [9.17, 15) is 4.79 Å². The van der Waals surface area contributed by atoms with Crippen molar-refractivity contribution >= 4 is 34.6 Å². The maximum atomic E-state index is 13.6. The largest absolute Gasteiger partial charge is 0.487 e. The number of nitrogens with one attached hydrogen (secondary N) is 1. The van der Waals surface area contributed by atoms with Crippen LogP contribution in [0.25, 0.3) is 5.70 Å². The van der Waals surface area contributed by atoms with Gasteiger partial charge in [0.15, 0.2) is 17.3 Å². The van der Waals surface area contributed by atoms with Gasteiger partial charge >= 0.3 is 0 Å². The molecule has 0 radical (unpaired) electrons. The van der Waals surface area contributed by atoms with Crippen LogP contribution in [0.15, 0.2) is 64.2 Å². The summed E-state index contributed by atoms with van der Waals surface area (Å²) in [6, 6.07) is 12.5. The van der Waals surface area contributed by atoms with E-state index in [0.29, 0.717) is 67.7 Å². The minimum absolute atomic E-state index is 0.0666. The number of aryl methyl sites for hydroxylation is 1. The molecule has 0 fully saturated rings. The van der Waals surface area contributed by atoms with Crippen molar-refractivity contribution in [3.63, 3.8) is 0 Å². The zero-order valence-corrected chi connectivity index (χ0v) is 25.9. The molecule has 6 rings (SSSR count). The molecule has 0 saturated carbocycles. The summed E-state index contributed by atoms with van der Waals surface area (Å²) in [7, 11) is 0. The lowest BCUT2D eigenvalue weighted by atomic mass is 9.85. The van der Waals surface area contributed by atoms with Crippen molar-refractivity contribution in [1.29, 1.82) is 0 Å². The summed E-state index contributed by atoms with van der Waals surface area (Å²) in [5, 5.41) is 12.6. The summed E-state index contributed by atoms with van der Waals surface area (Å²) in [4.78, 5) is 18.9. The molecule has 1 N–H and O–H groups in total. The van der Waals surface area contributed by atoms with Crippen molar-refractivity contribution in [2.75, 3.05) is 45.0 Å². The highest BCUT2D eigenvalue weighted by molar-refractivity contribution is 6.30. The Morgan fingerprint density at radius 2 is 1.61 bits per heavy atom. The average Bonchev–Trinajstić information content (AvgIpc) is 3.32. The summed E-state index contributed by atoms with van der Waals surface area (Å²) in [6.45, 7) is 8.84. The molecule has 0 spiro atoms. The minimum atomic E-state index is -0.568. The van der Waals surface area contributed by atoms with Gasteiger partial charge in [0, 0.05) is 33.6 Å². The lowest BCUT2D eigenvalue weighted by molar-refractivity contribution is -0.116. The van der Waals surface area contributed by atoms with E-state index in [1.54, 1.807) is 18.2 Å². The van der Waals surface area contributed by atoms with Crippen molar-refractivity contribution in [3.05, 3.63) is 81.4 Å². The van der Waals surface area contributed by atoms with Crippen molar-refractivity contribution in [3.8, 4) is 11.5 Å². The van der Waals surface area contributed by atoms with Gasteiger partial charge in [-0.3, -0.25) is 14.4 Å². The maximum absolute atomic E-state index is 13.6. The third-order valence-corrected chi connectivity index (χ3v) is 8.30. The van der Waals surface area contributed by atoms with Gasteiger partial charge in [0.05, 0.1) is 38.6 Å². The van der Waals surface area contributed by atoms with Gasteiger partial charge in [-0.1, -0.05) is 29.3 Å². The van der Waals surface area contributed by atoms with Gasteiger partial charge in [0.2, 0.25) is 5.91 Å². The number of amides is 1. The molecule has 1 aliphatic carbocycles. The van der Waals surface area contributed by atoms with Crippen LogP contribution in [-0.4, -0.2) is 66.0 Å². The second-order valence-corrected chi connectivity index (χ2v) is 11.4. The monoisotopic (exact) mass is 617 g/mol. The first-order chi connectivity index (χ1) is 21.4. The summed E-state index contributed by atoms with van der Waals surface area (Å²) in [6.07, 6.45) is 1.82. The lowest BCUT2D eigenvalue weighted by Gasteiger charge is -2.24. The number of aliphatic imine (C=N–C) groups is 1. The highest BCUT2D eigenvalue weighted by Gasteiger charge is 2.33. The normalized spacial score (nSPS) is 19.2. The van der Waals surface area contributed by atoms with Gasteiger partial charge < -0.3 is 24.3 Å². The Morgan fingerprint density at radius 3 is 2.36 bits per heavy atom. The standard InChI is InChI=1S/C33H36ClN5O5/c1-20-4-10-27-31(21(20)2)32(23-5-7-24(34)8-6-23)36-26(33-38-37-22(3)39(27)33)19-30(40)35-25-9-11-28-29(18-25)44-17-15-42-13-12-41-14-16-43-28/h5-9,11,18,26H,4,10,12-17,19H2,1-3H3,(H,35,40)/t26-/m0/s1. The summed E-state index contributed by atoms with van der Waals surface area (Å²) in [5.41, 5.74) is 7.01. The number of hydrogen-bond donors (Lipinski definition) is 1. The number of allylic oxidation sites excluding steroid dienone is 4. The molecule has 230 valence electrons. The zero-order valence-electron chi connectivity index (χ0n) is 25.2. The summed E-state index contributed by atoms with van der Waals surface area (Å²) < 4.78 is 24.9. The van der Waals surface area contributed by atoms with Crippen molar-refractivity contribution in [1.82, 2.24) is 14.8 Å². The number of hydrogen-bond acceptors (Lipinski definition) is 8. The third-order valence-electron chi connectivity index (χ3n) is 8.05. The number of anilines is 1. The van der Waals surface area contributed by atoms with Crippen LogP contribution in [-0.2, 0) is 14.3 Å². The first-order valence-corrected chi connectivity index (χ1v) is 15.3. The van der Waals surface area contributed by atoms with Crippen LogP contribution in [0.2, 0.25) is 5.02 Å². The molecule has 0 bridgehead atoms. The molecule has 2 aromatic carbocycles. The Bertz CT molecular complexity index is 1640. The van der Waals surface area contributed by atoms with Gasteiger partial charge in [-0.25, -0.2) is 0 Å². The number of aromatic nitrogens is 3. The SMILES string of the molecule is CC1=C(C)C2=C(CC1)n1c(C)nnc1[C@H](CC(=O)Nc1ccc3c(c1)OCCOCCOCCO3)N=C2c1ccc(Cl)cc1. The van der Waals surface area contributed by atoms with Gasteiger partial charge in [0.1, 0.15) is 25.1 Å². The van der Waals surface area contributed by atoms with E-state index >= 15 is 0 Å². The molecule has 1 aromatic heterocycles. The van der Waals surface area contributed by atoms with Gasteiger partial charge in [-0.15, -0.1) is 10.2 Å². The van der Waals surface area contributed by atoms with Crippen LogP contribution in [0.1, 0.15) is 56.4 Å². The van der Waals surface area contributed by atoms with E-state index < -0.39 is 6.04 Å². The predicted octanol–water partition coefficient (Wildman–Crippen LogP) is 5.96. The predicted molar refractivity (Wildman–Crippen MR) is 169 cm³/mol. The van der Waals surface area contributed by atoms with E-state index in [-0.39, 0.29) is 12.3 Å². The second kappa shape index (κ2) is 13.3. The maximum Gasteiger partial charge on any atom is 0.227 e. The van der Waals surface area contributed by atoms with E-state index in [4.69, 9.17) is 35.5 Å². The first kappa shape index (κ1) is 30.1. The molecule has 0 saturated heterocycles. The zero-order chi connectivity index (χ0) is 30.6. The smallest absolute Gasteiger partial charge is 0.227 e. The molecule has 0 unspecified atom stereocenters. The molecule has 3 aromatic rings. The molecule has 3 aliphatic rings. The minimum Gasteiger partial charge on any atom is -0.487 e. The van der Waals surface area contributed by atoms with Gasteiger partial charge in [-0.2, -0.15) is 0 Å². The fraction of sp³-hybridized carbons (Fsp3) is 0.394. The Kier molecular flexibility index (Phi) is 9.11. The molecular formula is C33H36ClN5O5. The van der Waals surface area contributed by atoms with Gasteiger partial charge in [0.25, 0.3) is 0 Å². The number of benzene rings is 2. The van der Waals surface area contributed by atoms with Crippen LogP contribution in [0.3, 0.4) is 0 Å². The molecule has 11 heteroatoms. The average molecular weight is 618 g/mol. The number of rotatable bonds is 4. The van der Waals surface area contributed by atoms with Crippen LogP contribution < -0.4 is 14.8 Å². The molecule has 3 heterocycles. The van der Waals surface area contributed by atoms with Crippen LogP contribution in [0, 0.1) is 6.92 Å². The number of fused-ring (bicyclic) bond motifs is 3. The molecule has 1 atom stereocenters.